The average Bonchev–Trinajstić information content (AvgIpc) is 2.71. The van der Waals surface area contributed by atoms with E-state index in [9.17, 15) is 13.2 Å². The van der Waals surface area contributed by atoms with Crippen LogP contribution in [-0.4, -0.2) is 15.7 Å². The van der Waals surface area contributed by atoms with Crippen LogP contribution in [0.4, 0.5) is 13.2 Å². The molecule has 7 heteroatoms. The van der Waals surface area contributed by atoms with Crippen LogP contribution in [0.5, 0.6) is 0 Å². The van der Waals surface area contributed by atoms with Gasteiger partial charge in [0.2, 0.25) is 0 Å². The van der Waals surface area contributed by atoms with Gasteiger partial charge in [0.25, 0.3) is 0 Å². The molecule has 0 radical (unpaired) electrons. The number of hydrogen-bond donors (Lipinski definition) is 0. The first-order valence-electron chi connectivity index (χ1n) is 4.71. The molecule has 0 aromatic carbocycles. The maximum absolute atomic E-state index is 12.5. The molecule has 0 aliphatic carbocycles. The van der Waals surface area contributed by atoms with Crippen molar-refractivity contribution in [2.75, 3.05) is 5.75 Å². The van der Waals surface area contributed by atoms with E-state index in [0.29, 0.717) is 4.34 Å². The number of allylic oxidation sites excluding steroid dienone is 1. The Balaban J connectivity index is 1.98. The molecule has 0 bridgehead atoms. The van der Waals surface area contributed by atoms with Crippen LogP contribution >= 0.6 is 23.1 Å². The largest absolute Gasteiger partial charge is 0.301 e. The molecule has 0 amide bonds. The Bertz CT molecular complexity index is 516. The monoisotopic (exact) mass is 276 g/mol. The zero-order valence-electron chi connectivity index (χ0n) is 8.49. The zero-order chi connectivity index (χ0) is 12.3. The van der Waals surface area contributed by atoms with Crippen molar-refractivity contribution >= 4 is 33.4 Å². The first kappa shape index (κ1) is 12.4. The molecule has 0 saturated heterocycles. The van der Waals surface area contributed by atoms with Crippen molar-refractivity contribution < 1.29 is 13.2 Å². The second-order valence-electron chi connectivity index (χ2n) is 3.07. The number of halogens is 3. The minimum Gasteiger partial charge on any atom is -0.244 e. The molecule has 17 heavy (non-hydrogen) atoms. The van der Waals surface area contributed by atoms with E-state index in [1.54, 1.807) is 12.3 Å². The van der Waals surface area contributed by atoms with Gasteiger partial charge in [-0.05, 0) is 12.1 Å². The van der Waals surface area contributed by atoms with Crippen molar-refractivity contribution in [3.63, 3.8) is 0 Å². The predicted octanol–water partition coefficient (Wildman–Crippen LogP) is 4.25. The van der Waals surface area contributed by atoms with E-state index in [0.717, 1.165) is 10.3 Å². The van der Waals surface area contributed by atoms with E-state index in [2.05, 4.69) is 9.97 Å². The van der Waals surface area contributed by atoms with E-state index in [1.165, 1.54) is 23.1 Å². The number of thiazole rings is 1. The Morgan fingerprint density at radius 2 is 2.18 bits per heavy atom. The average molecular weight is 276 g/mol. The quantitative estimate of drug-likeness (QED) is 0.781. The molecule has 2 aromatic rings. The van der Waals surface area contributed by atoms with Crippen LogP contribution in [0.2, 0.25) is 0 Å². The van der Waals surface area contributed by atoms with Crippen molar-refractivity contribution in [3.05, 3.63) is 30.2 Å². The van der Waals surface area contributed by atoms with Crippen molar-refractivity contribution in [3.8, 4) is 0 Å². The van der Waals surface area contributed by atoms with Gasteiger partial charge in [0.05, 0.1) is 0 Å². The van der Waals surface area contributed by atoms with Crippen molar-refractivity contribution in [1.82, 2.24) is 9.97 Å². The highest BCUT2D eigenvalue weighted by molar-refractivity contribution is 8.01. The standard InChI is InChI=1S/C10H7F3N2S2/c11-6(8(12)13)3-5-16-10-15-7-2-1-4-14-9(7)17-10/h1-2,4H,3,5H2. The lowest BCUT2D eigenvalue weighted by Gasteiger charge is -1.94. The molecule has 2 nitrogen and oxygen atoms in total. The SMILES string of the molecule is FC(F)=C(F)CCSc1nc2cccnc2s1. The van der Waals surface area contributed by atoms with Crippen LogP contribution in [0.15, 0.2) is 34.6 Å². The van der Waals surface area contributed by atoms with E-state index in [4.69, 9.17) is 0 Å². The van der Waals surface area contributed by atoms with Crippen LogP contribution < -0.4 is 0 Å². The van der Waals surface area contributed by atoms with Gasteiger partial charge in [-0.2, -0.15) is 8.78 Å². The number of aromatic nitrogens is 2. The maximum atomic E-state index is 12.5. The van der Waals surface area contributed by atoms with Gasteiger partial charge in [0.1, 0.15) is 10.3 Å². The molecular formula is C10H7F3N2S2. The van der Waals surface area contributed by atoms with Gasteiger partial charge in [0.15, 0.2) is 10.2 Å². The molecule has 0 N–H and O–H groups in total. The predicted molar refractivity (Wildman–Crippen MR) is 63.1 cm³/mol. The molecule has 0 unspecified atom stereocenters. The van der Waals surface area contributed by atoms with E-state index in [1.807, 2.05) is 6.07 Å². The first-order chi connectivity index (χ1) is 8.16. The summed E-state index contributed by atoms with van der Waals surface area (Å²) in [4.78, 5) is 9.15. The van der Waals surface area contributed by atoms with Gasteiger partial charge in [-0.15, -0.1) is 0 Å². The number of rotatable bonds is 4. The summed E-state index contributed by atoms with van der Waals surface area (Å²) in [5.74, 6) is -1.11. The topological polar surface area (TPSA) is 25.8 Å². The Labute approximate surface area is 104 Å². The number of nitrogens with zero attached hydrogens (tertiary/aromatic N) is 2. The van der Waals surface area contributed by atoms with Crippen molar-refractivity contribution in [1.29, 1.82) is 0 Å². The summed E-state index contributed by atoms with van der Waals surface area (Å²) in [6.45, 7) is 0. The Kier molecular flexibility index (Phi) is 4.01. The summed E-state index contributed by atoms with van der Waals surface area (Å²) in [5.41, 5.74) is 0.771. The molecule has 90 valence electrons. The van der Waals surface area contributed by atoms with Gasteiger partial charge in [-0.25, -0.2) is 14.4 Å². The normalized spacial score (nSPS) is 10.8. The molecule has 0 fully saturated rings. The molecular weight excluding hydrogens is 269 g/mol. The Morgan fingerprint density at radius 1 is 1.35 bits per heavy atom. The lowest BCUT2D eigenvalue weighted by molar-refractivity contribution is 0.373. The van der Waals surface area contributed by atoms with Gasteiger partial charge in [-0.3, -0.25) is 0 Å². The van der Waals surface area contributed by atoms with Crippen molar-refractivity contribution in [2.45, 2.75) is 10.8 Å². The summed E-state index contributed by atoms with van der Waals surface area (Å²) in [6.07, 6.45) is -0.858. The smallest absolute Gasteiger partial charge is 0.244 e. The molecule has 2 rings (SSSR count). The van der Waals surface area contributed by atoms with Gasteiger partial charge in [-0.1, -0.05) is 23.1 Å². The van der Waals surface area contributed by atoms with Gasteiger partial charge in [0, 0.05) is 18.4 Å². The van der Waals surface area contributed by atoms with Gasteiger partial charge >= 0.3 is 6.08 Å². The number of fused-ring (bicyclic) bond motifs is 1. The summed E-state index contributed by atoms with van der Waals surface area (Å²) < 4.78 is 36.8. The lowest BCUT2D eigenvalue weighted by atomic mass is 10.4. The highest BCUT2D eigenvalue weighted by Crippen LogP contribution is 2.29. The minimum absolute atomic E-state index is 0.239. The third-order valence-corrected chi connectivity index (χ3v) is 4.02. The fourth-order valence-electron chi connectivity index (χ4n) is 1.13. The fraction of sp³-hybridized carbons (Fsp3) is 0.200. The third kappa shape index (κ3) is 3.19. The minimum atomic E-state index is -2.24. The highest BCUT2D eigenvalue weighted by atomic mass is 32.2. The molecule has 0 atom stereocenters. The van der Waals surface area contributed by atoms with Crippen LogP contribution in [0.3, 0.4) is 0 Å². The second-order valence-corrected chi connectivity index (χ2v) is 5.39. The van der Waals surface area contributed by atoms with E-state index >= 15 is 0 Å². The Morgan fingerprint density at radius 3 is 2.88 bits per heavy atom. The van der Waals surface area contributed by atoms with Crippen LogP contribution in [0.25, 0.3) is 10.3 Å². The zero-order valence-corrected chi connectivity index (χ0v) is 10.1. The van der Waals surface area contributed by atoms with Crippen molar-refractivity contribution in [2.24, 2.45) is 0 Å². The summed E-state index contributed by atoms with van der Waals surface area (Å²) >= 11 is 2.62. The van der Waals surface area contributed by atoms with Crippen LogP contribution in [0, 0.1) is 0 Å². The third-order valence-electron chi connectivity index (χ3n) is 1.90. The first-order valence-corrected chi connectivity index (χ1v) is 6.51. The highest BCUT2D eigenvalue weighted by Gasteiger charge is 2.08. The number of thioether (sulfide) groups is 1. The van der Waals surface area contributed by atoms with E-state index < -0.39 is 11.9 Å². The number of hydrogen-bond acceptors (Lipinski definition) is 4. The summed E-state index contributed by atoms with van der Waals surface area (Å²) in [7, 11) is 0. The molecule has 2 aromatic heterocycles. The van der Waals surface area contributed by atoms with Gasteiger partial charge < -0.3 is 0 Å². The molecule has 0 aliphatic rings. The fourth-order valence-corrected chi connectivity index (χ4v) is 3.12. The summed E-state index contributed by atoms with van der Waals surface area (Å²) in [5, 5.41) is 0. The van der Waals surface area contributed by atoms with E-state index in [-0.39, 0.29) is 12.2 Å². The lowest BCUT2D eigenvalue weighted by Crippen LogP contribution is -1.82. The molecule has 2 heterocycles. The molecule has 0 saturated carbocycles. The Hall–Kier alpha value is -1.08. The maximum Gasteiger partial charge on any atom is 0.301 e. The molecule has 0 spiro atoms. The second kappa shape index (κ2) is 5.50. The molecule has 0 aliphatic heterocycles. The van der Waals surface area contributed by atoms with Crippen LogP contribution in [-0.2, 0) is 0 Å². The summed E-state index contributed by atoms with van der Waals surface area (Å²) in [6, 6.07) is 3.60. The van der Waals surface area contributed by atoms with Crippen LogP contribution in [0.1, 0.15) is 6.42 Å². The number of pyridine rings is 1.